The van der Waals surface area contributed by atoms with Gasteiger partial charge >= 0.3 is 11.9 Å². The van der Waals surface area contributed by atoms with Crippen LogP contribution in [0, 0.1) is 0 Å². The van der Waals surface area contributed by atoms with E-state index < -0.39 is 60.2 Å². The van der Waals surface area contributed by atoms with E-state index in [9.17, 15) is 39.3 Å². The van der Waals surface area contributed by atoms with Crippen molar-refractivity contribution in [3.05, 3.63) is 59.7 Å². The van der Waals surface area contributed by atoms with Gasteiger partial charge in [-0.1, -0.05) is 24.3 Å². The second kappa shape index (κ2) is 13.6. The molecule has 2 aromatic carbocycles. The highest BCUT2D eigenvalue weighted by Gasteiger charge is 2.31. The minimum Gasteiger partial charge on any atom is -0.508 e. The molecule has 0 fully saturated rings. The van der Waals surface area contributed by atoms with E-state index in [1.807, 2.05) is 0 Å². The molecule has 0 spiro atoms. The molecule has 0 aliphatic rings. The first-order valence-electron chi connectivity index (χ1n) is 11.5. The zero-order valence-electron chi connectivity index (χ0n) is 20.5. The van der Waals surface area contributed by atoms with Gasteiger partial charge in [0.05, 0.1) is 12.5 Å². The predicted octanol–water partition coefficient (Wildman–Crippen LogP) is -0.756. The summed E-state index contributed by atoms with van der Waals surface area (Å²) >= 11 is 0. The lowest BCUT2D eigenvalue weighted by atomic mass is 10.0. The number of hydrogen-bond acceptors (Lipinski definition) is 8. The standard InChI is InChI=1S/C25H30N4O9/c1-13(25(37)38)27-23(35)20(12-21(32)33)29-24(36)19(11-15-4-8-17(31)9-5-15)28-22(34)18(26)10-14-2-6-16(30)7-3-14/h2-9,13,18-20,30-31H,10-12,26H2,1H3,(H,27,35)(H,28,34)(H,29,36)(H,32,33)(H,37,38). The molecule has 0 saturated carbocycles. The van der Waals surface area contributed by atoms with Crippen molar-refractivity contribution in [2.75, 3.05) is 0 Å². The van der Waals surface area contributed by atoms with E-state index in [0.717, 1.165) is 0 Å². The Bertz CT molecular complexity index is 1150. The Kier molecular flexibility index (Phi) is 10.6. The summed E-state index contributed by atoms with van der Waals surface area (Å²) < 4.78 is 0. The van der Waals surface area contributed by atoms with Crippen LogP contribution < -0.4 is 21.7 Å². The van der Waals surface area contributed by atoms with E-state index >= 15 is 0 Å². The third-order valence-corrected chi connectivity index (χ3v) is 5.48. The topological polar surface area (TPSA) is 228 Å². The molecule has 204 valence electrons. The number of rotatable bonds is 13. The van der Waals surface area contributed by atoms with E-state index in [1.54, 1.807) is 12.1 Å². The van der Waals surface area contributed by atoms with Gasteiger partial charge in [0.25, 0.3) is 0 Å². The van der Waals surface area contributed by atoms with Gasteiger partial charge in [0.15, 0.2) is 0 Å². The second-order valence-electron chi connectivity index (χ2n) is 8.64. The van der Waals surface area contributed by atoms with E-state index in [-0.39, 0.29) is 24.3 Å². The van der Waals surface area contributed by atoms with Crippen molar-refractivity contribution in [3.63, 3.8) is 0 Å². The number of carbonyl (C=O) groups is 5. The summed E-state index contributed by atoms with van der Waals surface area (Å²) in [4.78, 5) is 60.9. The summed E-state index contributed by atoms with van der Waals surface area (Å²) in [6.07, 6.45) is -0.863. The number of aromatic hydroxyl groups is 2. The summed E-state index contributed by atoms with van der Waals surface area (Å²) in [5, 5.41) is 44.0. The number of hydrogen-bond donors (Lipinski definition) is 8. The van der Waals surface area contributed by atoms with Crippen LogP contribution in [-0.2, 0) is 36.8 Å². The van der Waals surface area contributed by atoms with Crippen LogP contribution in [0.5, 0.6) is 11.5 Å². The molecule has 4 atom stereocenters. The van der Waals surface area contributed by atoms with Gasteiger partial charge in [-0.2, -0.15) is 0 Å². The van der Waals surface area contributed by atoms with E-state index in [4.69, 9.17) is 10.8 Å². The molecule has 2 rings (SSSR count). The molecule has 0 saturated heterocycles. The van der Waals surface area contributed by atoms with Crippen molar-refractivity contribution in [1.82, 2.24) is 16.0 Å². The fraction of sp³-hybridized carbons (Fsp3) is 0.320. The third kappa shape index (κ3) is 9.43. The maximum absolute atomic E-state index is 13.2. The first kappa shape index (κ1) is 29.6. The van der Waals surface area contributed by atoms with Crippen LogP contribution in [0.25, 0.3) is 0 Å². The van der Waals surface area contributed by atoms with Gasteiger partial charge in [-0.05, 0) is 48.7 Å². The van der Waals surface area contributed by atoms with Gasteiger partial charge in [0.1, 0.15) is 29.6 Å². The minimum atomic E-state index is -1.63. The van der Waals surface area contributed by atoms with Gasteiger partial charge in [0.2, 0.25) is 17.7 Å². The lowest BCUT2D eigenvalue weighted by molar-refractivity contribution is -0.143. The molecule has 9 N–H and O–H groups in total. The Labute approximate surface area is 217 Å². The average molecular weight is 531 g/mol. The molecule has 2 aromatic rings. The third-order valence-electron chi connectivity index (χ3n) is 5.48. The number of nitrogens with two attached hydrogens (primary N) is 1. The minimum absolute atomic E-state index is 0.0274. The van der Waals surface area contributed by atoms with Gasteiger partial charge in [-0.25, -0.2) is 0 Å². The SMILES string of the molecule is CC(NC(=O)C(CC(=O)O)NC(=O)C(Cc1ccc(O)cc1)NC(=O)C(N)Cc1ccc(O)cc1)C(=O)O. The van der Waals surface area contributed by atoms with Crippen LogP contribution >= 0.6 is 0 Å². The molecule has 3 amide bonds. The number of carbonyl (C=O) groups excluding carboxylic acids is 3. The summed E-state index contributed by atoms with van der Waals surface area (Å²) in [6, 6.07) is 6.40. The van der Waals surface area contributed by atoms with Crippen LogP contribution in [0.3, 0.4) is 0 Å². The van der Waals surface area contributed by atoms with Gasteiger partial charge in [-0.15, -0.1) is 0 Å². The van der Waals surface area contributed by atoms with Crippen molar-refractivity contribution >= 4 is 29.7 Å². The molecule has 0 aliphatic carbocycles. The van der Waals surface area contributed by atoms with Crippen LogP contribution in [0.2, 0.25) is 0 Å². The van der Waals surface area contributed by atoms with E-state index in [0.29, 0.717) is 11.1 Å². The van der Waals surface area contributed by atoms with Gasteiger partial charge in [0, 0.05) is 6.42 Å². The molecule has 13 nitrogen and oxygen atoms in total. The first-order valence-corrected chi connectivity index (χ1v) is 11.5. The maximum Gasteiger partial charge on any atom is 0.325 e. The van der Waals surface area contributed by atoms with Crippen molar-refractivity contribution < 1.29 is 44.4 Å². The van der Waals surface area contributed by atoms with Crippen LogP contribution in [0.4, 0.5) is 0 Å². The first-order chi connectivity index (χ1) is 17.8. The van der Waals surface area contributed by atoms with Crippen molar-refractivity contribution in [2.45, 2.75) is 50.4 Å². The molecule has 0 radical (unpaired) electrons. The Morgan fingerprint density at radius 2 is 1.16 bits per heavy atom. The molecule has 4 unspecified atom stereocenters. The normalized spacial score (nSPS) is 13.8. The molecule has 0 bridgehead atoms. The molecular weight excluding hydrogens is 500 g/mol. The smallest absolute Gasteiger partial charge is 0.325 e. The summed E-state index contributed by atoms with van der Waals surface area (Å²) in [5.74, 6) is -5.43. The predicted molar refractivity (Wildman–Crippen MR) is 133 cm³/mol. The Morgan fingerprint density at radius 3 is 1.63 bits per heavy atom. The molecule has 13 heteroatoms. The largest absolute Gasteiger partial charge is 0.508 e. The van der Waals surface area contributed by atoms with Crippen LogP contribution in [-0.4, -0.2) is 74.3 Å². The lowest BCUT2D eigenvalue weighted by Crippen LogP contribution is -2.58. The van der Waals surface area contributed by atoms with E-state index in [2.05, 4.69) is 16.0 Å². The maximum atomic E-state index is 13.2. The monoisotopic (exact) mass is 530 g/mol. The molecule has 38 heavy (non-hydrogen) atoms. The Morgan fingerprint density at radius 1 is 0.711 bits per heavy atom. The lowest BCUT2D eigenvalue weighted by Gasteiger charge is -2.24. The number of nitrogens with one attached hydrogen (secondary N) is 3. The van der Waals surface area contributed by atoms with E-state index in [1.165, 1.54) is 43.3 Å². The summed E-state index contributed by atoms with van der Waals surface area (Å²) in [6.45, 7) is 1.17. The molecule has 0 heterocycles. The number of amides is 3. The Hall–Kier alpha value is -4.65. The molecule has 0 aromatic heterocycles. The quantitative estimate of drug-likeness (QED) is 0.161. The number of aliphatic carboxylic acids is 2. The zero-order chi connectivity index (χ0) is 28.4. The van der Waals surface area contributed by atoms with Crippen molar-refractivity contribution in [1.29, 1.82) is 0 Å². The van der Waals surface area contributed by atoms with Crippen LogP contribution in [0.1, 0.15) is 24.5 Å². The van der Waals surface area contributed by atoms with Crippen LogP contribution in [0.15, 0.2) is 48.5 Å². The van der Waals surface area contributed by atoms with Crippen molar-refractivity contribution in [2.24, 2.45) is 5.73 Å². The molecular formula is C25H30N4O9. The number of phenols is 2. The number of benzene rings is 2. The highest BCUT2D eigenvalue weighted by atomic mass is 16.4. The second-order valence-corrected chi connectivity index (χ2v) is 8.64. The highest BCUT2D eigenvalue weighted by molar-refractivity contribution is 5.95. The number of carboxylic acid groups (broad SMARTS) is 2. The Balaban J connectivity index is 2.22. The number of carboxylic acids is 2. The highest BCUT2D eigenvalue weighted by Crippen LogP contribution is 2.13. The van der Waals surface area contributed by atoms with Gasteiger partial charge < -0.3 is 42.1 Å². The fourth-order valence-electron chi connectivity index (χ4n) is 3.37. The zero-order valence-corrected chi connectivity index (χ0v) is 20.5. The number of phenolic OH excluding ortho intramolecular Hbond substituents is 2. The fourth-order valence-corrected chi connectivity index (χ4v) is 3.37. The summed E-state index contributed by atoms with van der Waals surface area (Å²) in [5.41, 5.74) is 7.18. The average Bonchev–Trinajstić information content (AvgIpc) is 2.85. The van der Waals surface area contributed by atoms with Gasteiger partial charge in [-0.3, -0.25) is 24.0 Å². The summed E-state index contributed by atoms with van der Waals surface area (Å²) in [7, 11) is 0. The molecule has 0 aliphatic heterocycles. The van der Waals surface area contributed by atoms with Crippen molar-refractivity contribution in [3.8, 4) is 11.5 Å².